The Kier molecular flexibility index (Phi) is 59.6. The summed E-state index contributed by atoms with van der Waals surface area (Å²) in [6.45, 7) is 4.10. The van der Waals surface area contributed by atoms with Crippen LogP contribution in [0.4, 0.5) is 0 Å². The molecular weight excluding hydrogens is 887 g/mol. The number of amides is 1. The van der Waals surface area contributed by atoms with Crippen molar-refractivity contribution in [1.82, 2.24) is 5.32 Å². The lowest BCUT2D eigenvalue weighted by molar-refractivity contribution is -0.132. The lowest BCUT2D eigenvalue weighted by Gasteiger charge is -2.27. The van der Waals surface area contributed by atoms with Crippen molar-refractivity contribution in [3.8, 4) is 0 Å². The maximum atomic E-state index is 12.6. The van der Waals surface area contributed by atoms with Crippen molar-refractivity contribution in [2.75, 3.05) is 6.61 Å². The van der Waals surface area contributed by atoms with E-state index in [9.17, 15) is 25.2 Å². The molecule has 428 valence electrons. The summed E-state index contributed by atoms with van der Waals surface area (Å²) in [4.78, 5) is 12.6. The summed E-state index contributed by atoms with van der Waals surface area (Å²) in [6, 6.07) is -0.984. The van der Waals surface area contributed by atoms with Crippen molar-refractivity contribution in [2.45, 2.75) is 385 Å². The predicted octanol–water partition coefficient (Wildman–Crippen LogP) is 19.8. The van der Waals surface area contributed by atoms with E-state index in [-0.39, 0.29) is 0 Å². The molecule has 6 nitrogen and oxygen atoms in total. The minimum absolute atomic E-state index is 0.372. The lowest BCUT2D eigenvalue weighted by Crippen LogP contribution is -2.53. The number of nitrogens with one attached hydrogen (secondary N) is 1. The minimum atomic E-state index is -1.26. The first-order valence-corrected chi connectivity index (χ1v) is 32.7. The highest BCUT2D eigenvalue weighted by Gasteiger charge is 2.28. The zero-order valence-corrected chi connectivity index (χ0v) is 48.7. The normalized spacial score (nSPS) is 13.7. The molecule has 0 bridgehead atoms. The van der Waals surface area contributed by atoms with Crippen molar-refractivity contribution in [1.29, 1.82) is 0 Å². The molecule has 6 heteroatoms. The van der Waals surface area contributed by atoms with Gasteiger partial charge in [-0.15, -0.1) is 0 Å². The number of hydrogen-bond acceptors (Lipinski definition) is 5. The summed E-state index contributed by atoms with van der Waals surface area (Å²) in [7, 11) is 0. The van der Waals surface area contributed by atoms with E-state index in [1.165, 1.54) is 289 Å². The number of allylic oxidation sites excluding steroid dienone is 4. The second-order valence-corrected chi connectivity index (χ2v) is 22.8. The van der Waals surface area contributed by atoms with Crippen molar-refractivity contribution < 1.29 is 25.2 Å². The number of carbonyl (C=O) groups excluding carboxylic acids is 1. The third kappa shape index (κ3) is 53.6. The van der Waals surface area contributed by atoms with Gasteiger partial charge in [0.1, 0.15) is 12.2 Å². The lowest BCUT2D eigenvalue weighted by atomic mass is 9.99. The third-order valence-corrected chi connectivity index (χ3v) is 15.7. The summed E-state index contributed by atoms with van der Waals surface area (Å²) >= 11 is 0. The molecule has 1 amide bonds. The summed E-state index contributed by atoms with van der Waals surface area (Å²) < 4.78 is 0. The summed E-state index contributed by atoms with van der Waals surface area (Å²) in [5.74, 6) is -0.578. The minimum Gasteiger partial charge on any atom is -0.394 e. The molecule has 0 aromatic carbocycles. The number of hydrogen-bond donors (Lipinski definition) is 5. The van der Waals surface area contributed by atoms with Gasteiger partial charge in [0.25, 0.3) is 0 Å². The second-order valence-electron chi connectivity index (χ2n) is 22.8. The number of rotatable bonds is 61. The van der Waals surface area contributed by atoms with Crippen LogP contribution in [0.25, 0.3) is 0 Å². The van der Waals surface area contributed by atoms with E-state index in [0.717, 1.165) is 44.9 Å². The number of aliphatic hydroxyl groups excluding tert-OH is 4. The Balaban J connectivity index is 3.53. The first-order chi connectivity index (χ1) is 35.5. The van der Waals surface area contributed by atoms with Crippen molar-refractivity contribution in [3.63, 3.8) is 0 Å². The highest BCUT2D eigenvalue weighted by atomic mass is 16.3. The van der Waals surface area contributed by atoms with Gasteiger partial charge in [0.05, 0.1) is 18.8 Å². The van der Waals surface area contributed by atoms with Crippen LogP contribution in [0.2, 0.25) is 0 Å². The standard InChI is InChI=1S/C66H129NO5/c1-3-5-7-9-11-13-15-17-19-21-23-24-25-26-27-28-29-30-31-32-33-34-35-36-37-38-39-40-41-42-44-46-48-50-52-54-56-58-60-64(70)66(72)67-62(61-68)65(71)63(69)59-57-55-53-51-49-47-45-43-22-20-18-16-14-12-10-8-6-4-2/h29-30,32-33,62-65,68-71H,3-28,31,34-61H2,1-2H3,(H,67,72)/b30-29-,33-32-. The quantitative estimate of drug-likeness (QED) is 0.0308. The molecular formula is C66H129NO5. The van der Waals surface area contributed by atoms with E-state index >= 15 is 0 Å². The number of aliphatic hydroxyl groups is 4. The zero-order valence-electron chi connectivity index (χ0n) is 48.7. The van der Waals surface area contributed by atoms with Crippen molar-refractivity contribution in [2.24, 2.45) is 0 Å². The summed E-state index contributed by atoms with van der Waals surface area (Å²) in [6.07, 6.45) is 75.7. The van der Waals surface area contributed by atoms with Gasteiger partial charge in [-0.3, -0.25) is 4.79 Å². The Morgan fingerprint density at radius 2 is 0.597 bits per heavy atom. The van der Waals surface area contributed by atoms with Gasteiger partial charge in [-0.2, -0.15) is 0 Å². The van der Waals surface area contributed by atoms with E-state index in [4.69, 9.17) is 0 Å². The molecule has 4 atom stereocenters. The Labute approximate surface area is 450 Å². The van der Waals surface area contributed by atoms with E-state index < -0.39 is 36.9 Å². The summed E-state index contributed by atoms with van der Waals surface area (Å²) in [5.41, 5.74) is 0. The fraction of sp³-hybridized carbons (Fsp3) is 0.924. The van der Waals surface area contributed by atoms with Gasteiger partial charge >= 0.3 is 0 Å². The van der Waals surface area contributed by atoms with Crippen molar-refractivity contribution in [3.05, 3.63) is 24.3 Å². The Morgan fingerprint density at radius 3 is 0.875 bits per heavy atom. The fourth-order valence-electron chi connectivity index (χ4n) is 10.6. The monoisotopic (exact) mass is 1020 g/mol. The Morgan fingerprint density at radius 1 is 0.347 bits per heavy atom. The maximum absolute atomic E-state index is 12.6. The molecule has 0 aromatic heterocycles. The average molecular weight is 1020 g/mol. The number of unbranched alkanes of at least 4 members (excludes halogenated alkanes) is 48. The van der Waals surface area contributed by atoms with Gasteiger partial charge < -0.3 is 25.7 Å². The van der Waals surface area contributed by atoms with Crippen LogP contribution in [0.1, 0.15) is 361 Å². The van der Waals surface area contributed by atoms with Crippen LogP contribution in [-0.2, 0) is 4.79 Å². The highest BCUT2D eigenvalue weighted by Crippen LogP contribution is 2.19. The van der Waals surface area contributed by atoms with Crippen LogP contribution in [0, 0.1) is 0 Å². The predicted molar refractivity (Wildman–Crippen MR) is 316 cm³/mol. The molecule has 0 heterocycles. The van der Waals surface area contributed by atoms with E-state index in [2.05, 4.69) is 43.5 Å². The molecule has 4 unspecified atom stereocenters. The second kappa shape index (κ2) is 60.7. The molecule has 0 aliphatic carbocycles. The molecule has 0 saturated heterocycles. The highest BCUT2D eigenvalue weighted by molar-refractivity contribution is 5.80. The smallest absolute Gasteiger partial charge is 0.249 e. The molecule has 0 rings (SSSR count). The van der Waals surface area contributed by atoms with Crippen LogP contribution in [0.3, 0.4) is 0 Å². The Bertz CT molecular complexity index is 1100. The van der Waals surface area contributed by atoms with Gasteiger partial charge in [0.2, 0.25) is 5.91 Å². The third-order valence-electron chi connectivity index (χ3n) is 15.7. The SMILES string of the molecule is CCCCCCCCCCCCCCCCC/C=C\C/C=C\CCCCCCCCCCCCCCCCCCC(O)C(=O)NC(CO)C(O)C(O)CCCCCCCCCCCCCCCCCCCC. The number of carbonyl (C=O) groups is 1. The maximum Gasteiger partial charge on any atom is 0.249 e. The first-order valence-electron chi connectivity index (χ1n) is 32.7. The average Bonchev–Trinajstić information content (AvgIpc) is 3.39. The van der Waals surface area contributed by atoms with Gasteiger partial charge in [-0.1, -0.05) is 340 Å². The van der Waals surface area contributed by atoms with Crippen molar-refractivity contribution >= 4 is 5.91 Å². The molecule has 0 aromatic rings. The van der Waals surface area contributed by atoms with Gasteiger partial charge in [0.15, 0.2) is 0 Å². The van der Waals surface area contributed by atoms with Crippen LogP contribution < -0.4 is 5.32 Å². The Hall–Kier alpha value is -1.21. The fourth-order valence-corrected chi connectivity index (χ4v) is 10.6. The van der Waals surface area contributed by atoms with Gasteiger partial charge in [-0.05, 0) is 44.9 Å². The van der Waals surface area contributed by atoms with Gasteiger partial charge in [0, 0.05) is 0 Å². The summed E-state index contributed by atoms with van der Waals surface area (Å²) in [5, 5.41) is 44.1. The van der Waals surface area contributed by atoms with Crippen LogP contribution in [0.15, 0.2) is 24.3 Å². The molecule has 0 aliphatic heterocycles. The largest absolute Gasteiger partial charge is 0.394 e. The van der Waals surface area contributed by atoms with Crippen LogP contribution in [-0.4, -0.2) is 57.3 Å². The first kappa shape index (κ1) is 70.8. The molecule has 0 radical (unpaired) electrons. The molecule has 72 heavy (non-hydrogen) atoms. The molecule has 5 N–H and O–H groups in total. The van der Waals surface area contributed by atoms with E-state index in [1.807, 2.05) is 0 Å². The van der Waals surface area contributed by atoms with Gasteiger partial charge in [-0.25, -0.2) is 0 Å². The molecule has 0 saturated carbocycles. The van der Waals surface area contributed by atoms with E-state index in [1.54, 1.807) is 0 Å². The molecule has 0 spiro atoms. The van der Waals surface area contributed by atoms with Crippen LogP contribution >= 0.6 is 0 Å². The molecule has 0 aliphatic rings. The topological polar surface area (TPSA) is 110 Å². The molecule has 0 fully saturated rings. The zero-order chi connectivity index (χ0) is 52.3. The van der Waals surface area contributed by atoms with E-state index in [0.29, 0.717) is 12.8 Å². The van der Waals surface area contributed by atoms with Crippen LogP contribution in [0.5, 0.6) is 0 Å².